The number of amides is 1. The van der Waals surface area contributed by atoms with Crippen molar-refractivity contribution >= 4 is 17.6 Å². The topological polar surface area (TPSA) is 72.6 Å². The number of carbonyl (C=O) groups excluding carboxylic acids is 2. The number of anilines is 1. The van der Waals surface area contributed by atoms with Crippen LogP contribution < -0.4 is 4.90 Å². The lowest BCUT2D eigenvalue weighted by atomic mass is 10.00. The number of aromatic nitrogens is 1. The van der Waals surface area contributed by atoms with E-state index >= 15 is 0 Å². The molecule has 0 unspecified atom stereocenters. The van der Waals surface area contributed by atoms with Gasteiger partial charge in [-0.1, -0.05) is 5.16 Å². The molecule has 0 radical (unpaired) electrons. The van der Waals surface area contributed by atoms with Crippen LogP contribution in [0.4, 0.5) is 19.3 Å². The molecule has 0 bridgehead atoms. The first-order chi connectivity index (χ1) is 12.0. The SMILES string of the molecule is CCN(C(=O)OC)c1c(C(=O)c2cnoc2C2CC2)ccc(F)c1F. The first-order valence-corrected chi connectivity index (χ1v) is 7.82. The molecule has 1 aliphatic rings. The van der Waals surface area contributed by atoms with Gasteiger partial charge in [-0.25, -0.2) is 13.6 Å². The molecule has 8 heteroatoms. The van der Waals surface area contributed by atoms with E-state index in [9.17, 15) is 18.4 Å². The number of methoxy groups -OCH3 is 1. The molecule has 0 atom stereocenters. The number of benzene rings is 1. The Kier molecular flexibility index (Phi) is 4.52. The zero-order valence-electron chi connectivity index (χ0n) is 13.7. The third kappa shape index (κ3) is 2.99. The van der Waals surface area contributed by atoms with Crippen LogP contribution in [0.1, 0.15) is 47.4 Å². The predicted octanol–water partition coefficient (Wildman–Crippen LogP) is 3.65. The van der Waals surface area contributed by atoms with Gasteiger partial charge in [-0.05, 0) is 31.9 Å². The van der Waals surface area contributed by atoms with Gasteiger partial charge in [0.2, 0.25) is 0 Å². The molecule has 2 aromatic rings. The van der Waals surface area contributed by atoms with Crippen LogP contribution in [0.2, 0.25) is 0 Å². The molecule has 0 aliphatic heterocycles. The highest BCUT2D eigenvalue weighted by Crippen LogP contribution is 2.42. The normalized spacial score (nSPS) is 13.6. The summed E-state index contributed by atoms with van der Waals surface area (Å²) in [5, 5.41) is 3.65. The summed E-state index contributed by atoms with van der Waals surface area (Å²) in [5.74, 6) is -2.50. The monoisotopic (exact) mass is 350 g/mol. The lowest BCUT2D eigenvalue weighted by Crippen LogP contribution is -2.33. The number of ketones is 1. The van der Waals surface area contributed by atoms with E-state index in [0.29, 0.717) is 5.76 Å². The van der Waals surface area contributed by atoms with Gasteiger partial charge < -0.3 is 9.26 Å². The lowest BCUT2D eigenvalue weighted by Gasteiger charge is -2.22. The van der Waals surface area contributed by atoms with E-state index < -0.39 is 29.2 Å². The van der Waals surface area contributed by atoms with Gasteiger partial charge in [-0.15, -0.1) is 0 Å². The smallest absolute Gasteiger partial charge is 0.414 e. The molecule has 0 spiro atoms. The van der Waals surface area contributed by atoms with Crippen LogP contribution in [0.3, 0.4) is 0 Å². The van der Waals surface area contributed by atoms with Crippen LogP contribution in [0, 0.1) is 11.6 Å². The third-order valence-electron chi connectivity index (χ3n) is 4.09. The lowest BCUT2D eigenvalue weighted by molar-refractivity contribution is 0.103. The highest BCUT2D eigenvalue weighted by atomic mass is 19.2. The second-order valence-electron chi connectivity index (χ2n) is 5.68. The van der Waals surface area contributed by atoms with Gasteiger partial charge in [-0.2, -0.15) is 0 Å². The van der Waals surface area contributed by atoms with Crippen molar-refractivity contribution < 1.29 is 27.6 Å². The van der Waals surface area contributed by atoms with E-state index in [-0.39, 0.29) is 23.6 Å². The van der Waals surface area contributed by atoms with Crippen LogP contribution in [-0.2, 0) is 4.74 Å². The first-order valence-electron chi connectivity index (χ1n) is 7.82. The zero-order valence-corrected chi connectivity index (χ0v) is 13.7. The molecule has 0 N–H and O–H groups in total. The van der Waals surface area contributed by atoms with Gasteiger partial charge in [0.25, 0.3) is 0 Å². The molecule has 1 heterocycles. The Morgan fingerprint density at radius 2 is 2.04 bits per heavy atom. The minimum Gasteiger partial charge on any atom is -0.452 e. The second-order valence-corrected chi connectivity index (χ2v) is 5.68. The number of rotatable bonds is 5. The van der Waals surface area contributed by atoms with E-state index in [0.717, 1.165) is 37.0 Å². The van der Waals surface area contributed by atoms with Crippen LogP contribution in [-0.4, -0.2) is 30.7 Å². The van der Waals surface area contributed by atoms with E-state index in [1.54, 1.807) is 6.92 Å². The van der Waals surface area contributed by atoms with Crippen molar-refractivity contribution in [3.05, 3.63) is 46.9 Å². The van der Waals surface area contributed by atoms with E-state index in [2.05, 4.69) is 9.89 Å². The summed E-state index contributed by atoms with van der Waals surface area (Å²) in [6, 6.07) is 1.99. The van der Waals surface area contributed by atoms with Gasteiger partial charge >= 0.3 is 6.09 Å². The Morgan fingerprint density at radius 1 is 1.32 bits per heavy atom. The average Bonchev–Trinajstić information content (AvgIpc) is 3.35. The molecule has 1 aromatic carbocycles. The Hall–Kier alpha value is -2.77. The van der Waals surface area contributed by atoms with E-state index in [1.807, 2.05) is 0 Å². The summed E-state index contributed by atoms with van der Waals surface area (Å²) in [7, 11) is 1.12. The third-order valence-corrected chi connectivity index (χ3v) is 4.09. The van der Waals surface area contributed by atoms with Crippen molar-refractivity contribution in [2.75, 3.05) is 18.6 Å². The largest absolute Gasteiger partial charge is 0.452 e. The van der Waals surface area contributed by atoms with Crippen molar-refractivity contribution in [1.29, 1.82) is 0 Å². The molecule has 0 saturated heterocycles. The van der Waals surface area contributed by atoms with Crippen molar-refractivity contribution in [3.8, 4) is 0 Å². The zero-order chi connectivity index (χ0) is 18.1. The summed E-state index contributed by atoms with van der Waals surface area (Å²) in [6.45, 7) is 1.55. The van der Waals surface area contributed by atoms with Crippen LogP contribution in [0.15, 0.2) is 22.9 Å². The molecular formula is C17H16F2N2O4. The van der Waals surface area contributed by atoms with Crippen molar-refractivity contribution in [2.45, 2.75) is 25.7 Å². The molecular weight excluding hydrogens is 334 g/mol. The first kappa shape index (κ1) is 17.1. The Balaban J connectivity index is 2.12. The number of ether oxygens (including phenoxy) is 1. The van der Waals surface area contributed by atoms with Crippen LogP contribution in [0.5, 0.6) is 0 Å². The second kappa shape index (κ2) is 6.62. The Morgan fingerprint density at radius 3 is 2.64 bits per heavy atom. The minimum absolute atomic E-state index is 0.00749. The molecule has 1 amide bonds. The number of hydrogen-bond acceptors (Lipinski definition) is 5. The molecule has 132 valence electrons. The fraction of sp³-hybridized carbons (Fsp3) is 0.353. The summed E-state index contributed by atoms with van der Waals surface area (Å²) < 4.78 is 37.9. The molecule has 1 aromatic heterocycles. The maximum Gasteiger partial charge on any atom is 0.414 e. The number of carbonyl (C=O) groups is 2. The quantitative estimate of drug-likeness (QED) is 0.770. The van der Waals surface area contributed by atoms with Crippen LogP contribution in [0.25, 0.3) is 0 Å². The maximum atomic E-state index is 14.5. The summed E-state index contributed by atoms with van der Waals surface area (Å²) in [5.41, 5.74) is -0.422. The van der Waals surface area contributed by atoms with Gasteiger partial charge in [0.1, 0.15) is 0 Å². The van der Waals surface area contributed by atoms with Crippen LogP contribution >= 0.6 is 0 Å². The van der Waals surface area contributed by atoms with E-state index in [1.165, 1.54) is 6.20 Å². The summed E-state index contributed by atoms with van der Waals surface area (Å²) in [6.07, 6.45) is 2.12. The Labute approximate surface area is 142 Å². The maximum absolute atomic E-state index is 14.5. The number of halogens is 2. The Bertz CT molecular complexity index is 830. The average molecular weight is 350 g/mol. The summed E-state index contributed by atoms with van der Waals surface area (Å²) >= 11 is 0. The van der Waals surface area contributed by atoms with Gasteiger partial charge in [0, 0.05) is 18.0 Å². The van der Waals surface area contributed by atoms with Gasteiger partial charge in [0.15, 0.2) is 23.2 Å². The minimum atomic E-state index is -1.29. The molecule has 1 fully saturated rings. The standard InChI is InChI=1S/C17H16F2N2O4/c1-3-21(17(23)24-2)14-10(6-7-12(18)13(14)19)15(22)11-8-20-25-16(11)9-4-5-9/h6-9H,3-5H2,1-2H3. The predicted molar refractivity (Wildman–Crippen MR) is 83.7 cm³/mol. The molecule has 6 nitrogen and oxygen atoms in total. The highest BCUT2D eigenvalue weighted by Gasteiger charge is 2.35. The van der Waals surface area contributed by atoms with Crippen molar-refractivity contribution in [2.24, 2.45) is 0 Å². The molecule has 1 saturated carbocycles. The van der Waals surface area contributed by atoms with E-state index in [4.69, 9.17) is 4.52 Å². The summed E-state index contributed by atoms with van der Waals surface area (Å²) in [4.78, 5) is 25.7. The number of nitrogens with zero attached hydrogens (tertiary/aromatic N) is 2. The molecule has 1 aliphatic carbocycles. The highest BCUT2D eigenvalue weighted by molar-refractivity contribution is 6.14. The molecule has 25 heavy (non-hydrogen) atoms. The number of hydrogen-bond donors (Lipinski definition) is 0. The van der Waals surface area contributed by atoms with Crippen molar-refractivity contribution in [1.82, 2.24) is 5.16 Å². The van der Waals surface area contributed by atoms with Gasteiger partial charge in [0.05, 0.1) is 24.6 Å². The fourth-order valence-corrected chi connectivity index (χ4v) is 2.68. The van der Waals surface area contributed by atoms with Gasteiger partial charge in [-0.3, -0.25) is 9.69 Å². The van der Waals surface area contributed by atoms with Crippen molar-refractivity contribution in [3.63, 3.8) is 0 Å². The molecule has 3 rings (SSSR count). The fourth-order valence-electron chi connectivity index (χ4n) is 2.68.